The van der Waals surface area contributed by atoms with E-state index in [1.165, 1.54) is 0 Å². The van der Waals surface area contributed by atoms with E-state index in [0.717, 1.165) is 16.9 Å². The van der Waals surface area contributed by atoms with Crippen molar-refractivity contribution in [3.63, 3.8) is 0 Å². The Morgan fingerprint density at radius 1 is 1.00 bits per heavy atom. The number of hydrogen-bond donors (Lipinski definition) is 1. The van der Waals surface area contributed by atoms with E-state index in [1.807, 2.05) is 42.5 Å². The van der Waals surface area contributed by atoms with Gasteiger partial charge in [-0.2, -0.15) is 0 Å². The van der Waals surface area contributed by atoms with Gasteiger partial charge in [0.2, 0.25) is 0 Å². The summed E-state index contributed by atoms with van der Waals surface area (Å²) < 4.78 is 10.6. The van der Waals surface area contributed by atoms with Gasteiger partial charge in [-0.1, -0.05) is 30.0 Å². The standard InChI is InChI=1S/C17H17NO2/c1-19-11-12-20-17-10-9-16(18)13-15(17)8-7-14-5-3-2-4-6-14/h2-6,9-10,13H,11-12,18H2,1H3. The van der Waals surface area contributed by atoms with Crippen LogP contribution in [0.5, 0.6) is 5.75 Å². The van der Waals surface area contributed by atoms with Crippen molar-refractivity contribution in [2.24, 2.45) is 0 Å². The summed E-state index contributed by atoms with van der Waals surface area (Å²) in [7, 11) is 1.64. The van der Waals surface area contributed by atoms with Crippen LogP contribution >= 0.6 is 0 Å². The summed E-state index contributed by atoms with van der Waals surface area (Å²) in [5.74, 6) is 6.93. The Balaban J connectivity index is 2.21. The van der Waals surface area contributed by atoms with Crippen LogP contribution in [-0.4, -0.2) is 20.3 Å². The van der Waals surface area contributed by atoms with Crippen molar-refractivity contribution in [1.29, 1.82) is 0 Å². The molecule has 2 aromatic rings. The maximum atomic E-state index is 5.80. The van der Waals surface area contributed by atoms with Crippen molar-refractivity contribution >= 4 is 5.69 Å². The van der Waals surface area contributed by atoms with Crippen LogP contribution in [-0.2, 0) is 4.74 Å². The van der Waals surface area contributed by atoms with Crippen molar-refractivity contribution in [2.75, 3.05) is 26.1 Å². The monoisotopic (exact) mass is 267 g/mol. The van der Waals surface area contributed by atoms with Crippen molar-refractivity contribution in [1.82, 2.24) is 0 Å². The van der Waals surface area contributed by atoms with Crippen molar-refractivity contribution in [3.05, 3.63) is 59.7 Å². The third-order valence-electron chi connectivity index (χ3n) is 2.66. The average Bonchev–Trinajstić information content (AvgIpc) is 2.48. The van der Waals surface area contributed by atoms with E-state index in [0.29, 0.717) is 18.9 Å². The highest BCUT2D eigenvalue weighted by atomic mass is 16.5. The molecule has 0 aliphatic carbocycles. The summed E-state index contributed by atoms with van der Waals surface area (Å²) in [6.07, 6.45) is 0. The molecule has 2 aromatic carbocycles. The Bertz CT molecular complexity index is 612. The van der Waals surface area contributed by atoms with Gasteiger partial charge >= 0.3 is 0 Å². The molecule has 3 heteroatoms. The predicted molar refractivity (Wildman–Crippen MR) is 80.6 cm³/mol. The highest BCUT2D eigenvalue weighted by Crippen LogP contribution is 2.20. The quantitative estimate of drug-likeness (QED) is 0.526. The number of hydrogen-bond acceptors (Lipinski definition) is 3. The van der Waals surface area contributed by atoms with Gasteiger partial charge in [-0.25, -0.2) is 0 Å². The topological polar surface area (TPSA) is 44.5 Å². The number of ether oxygens (including phenoxy) is 2. The number of anilines is 1. The third-order valence-corrected chi connectivity index (χ3v) is 2.66. The predicted octanol–water partition coefficient (Wildman–Crippen LogP) is 2.69. The second-order valence-corrected chi connectivity index (χ2v) is 4.21. The molecule has 3 nitrogen and oxygen atoms in total. The van der Waals surface area contributed by atoms with Gasteiger partial charge in [0.25, 0.3) is 0 Å². The Morgan fingerprint density at radius 2 is 1.80 bits per heavy atom. The van der Waals surface area contributed by atoms with Crippen LogP contribution in [0, 0.1) is 11.8 Å². The van der Waals surface area contributed by atoms with Gasteiger partial charge < -0.3 is 15.2 Å². The molecule has 0 atom stereocenters. The minimum absolute atomic E-state index is 0.487. The molecule has 0 heterocycles. The first-order valence-corrected chi connectivity index (χ1v) is 6.38. The highest BCUT2D eigenvalue weighted by Gasteiger charge is 2.02. The molecule has 0 saturated heterocycles. The molecule has 0 bridgehead atoms. The van der Waals surface area contributed by atoms with Gasteiger partial charge in [-0.15, -0.1) is 0 Å². The molecule has 0 aromatic heterocycles. The molecule has 0 fully saturated rings. The lowest BCUT2D eigenvalue weighted by atomic mass is 10.1. The van der Waals surface area contributed by atoms with Gasteiger partial charge in [0.15, 0.2) is 0 Å². The van der Waals surface area contributed by atoms with E-state index < -0.39 is 0 Å². The molecule has 0 amide bonds. The second-order valence-electron chi connectivity index (χ2n) is 4.21. The minimum Gasteiger partial charge on any atom is -0.490 e. The summed E-state index contributed by atoms with van der Waals surface area (Å²) >= 11 is 0. The number of nitrogen functional groups attached to an aromatic ring is 1. The molecule has 0 aliphatic rings. The normalized spacial score (nSPS) is 9.65. The smallest absolute Gasteiger partial charge is 0.135 e. The van der Waals surface area contributed by atoms with Gasteiger partial charge in [0.05, 0.1) is 12.2 Å². The Labute approximate surface area is 119 Å². The second kappa shape index (κ2) is 7.22. The SMILES string of the molecule is COCCOc1ccc(N)cc1C#Cc1ccccc1. The van der Waals surface area contributed by atoms with E-state index in [-0.39, 0.29) is 0 Å². The zero-order chi connectivity index (χ0) is 14.2. The molecule has 0 saturated carbocycles. The third kappa shape index (κ3) is 4.04. The highest BCUT2D eigenvalue weighted by molar-refractivity contribution is 5.56. The van der Waals surface area contributed by atoms with Crippen LogP contribution in [0.4, 0.5) is 5.69 Å². The fourth-order valence-corrected chi connectivity index (χ4v) is 1.67. The van der Waals surface area contributed by atoms with Gasteiger partial charge in [0, 0.05) is 18.4 Å². The first-order valence-electron chi connectivity index (χ1n) is 6.38. The van der Waals surface area contributed by atoms with E-state index in [9.17, 15) is 0 Å². The van der Waals surface area contributed by atoms with Gasteiger partial charge in [-0.05, 0) is 30.3 Å². The number of nitrogens with two attached hydrogens (primary N) is 1. The molecule has 0 unspecified atom stereocenters. The van der Waals surface area contributed by atoms with Crippen molar-refractivity contribution in [3.8, 4) is 17.6 Å². The first kappa shape index (κ1) is 14.0. The summed E-state index contributed by atoms with van der Waals surface area (Å²) in [4.78, 5) is 0. The Morgan fingerprint density at radius 3 is 2.55 bits per heavy atom. The minimum atomic E-state index is 0.487. The number of methoxy groups -OCH3 is 1. The Hall–Kier alpha value is -2.44. The average molecular weight is 267 g/mol. The fraction of sp³-hybridized carbons (Fsp3) is 0.176. The lowest BCUT2D eigenvalue weighted by Gasteiger charge is -2.08. The lowest BCUT2D eigenvalue weighted by molar-refractivity contribution is 0.146. The van der Waals surface area contributed by atoms with Crippen LogP contribution in [0.15, 0.2) is 48.5 Å². The van der Waals surface area contributed by atoms with Crippen LogP contribution in [0.1, 0.15) is 11.1 Å². The number of benzene rings is 2. The van der Waals surface area contributed by atoms with Gasteiger partial charge in [0.1, 0.15) is 12.4 Å². The number of rotatable bonds is 4. The molecule has 2 N–H and O–H groups in total. The van der Waals surface area contributed by atoms with Crippen LogP contribution in [0.2, 0.25) is 0 Å². The molecular weight excluding hydrogens is 250 g/mol. The summed E-state index contributed by atoms with van der Waals surface area (Å²) in [6.45, 7) is 1.02. The first-order chi connectivity index (χ1) is 9.79. The summed E-state index contributed by atoms with van der Waals surface area (Å²) in [5, 5.41) is 0. The molecule has 0 radical (unpaired) electrons. The van der Waals surface area contributed by atoms with Crippen LogP contribution in [0.3, 0.4) is 0 Å². The zero-order valence-corrected chi connectivity index (χ0v) is 11.4. The molecule has 0 aliphatic heterocycles. The maximum absolute atomic E-state index is 5.80. The molecule has 2 rings (SSSR count). The molecule has 20 heavy (non-hydrogen) atoms. The van der Waals surface area contributed by atoms with E-state index in [4.69, 9.17) is 15.2 Å². The Kier molecular flexibility index (Phi) is 5.05. The molecular formula is C17H17NO2. The van der Waals surface area contributed by atoms with Gasteiger partial charge in [-0.3, -0.25) is 0 Å². The van der Waals surface area contributed by atoms with E-state index >= 15 is 0 Å². The zero-order valence-electron chi connectivity index (χ0n) is 11.4. The van der Waals surface area contributed by atoms with E-state index in [2.05, 4.69) is 11.8 Å². The molecule has 102 valence electrons. The van der Waals surface area contributed by atoms with Crippen molar-refractivity contribution in [2.45, 2.75) is 0 Å². The van der Waals surface area contributed by atoms with Crippen LogP contribution in [0.25, 0.3) is 0 Å². The van der Waals surface area contributed by atoms with Crippen molar-refractivity contribution < 1.29 is 9.47 Å². The molecule has 0 spiro atoms. The summed E-state index contributed by atoms with van der Waals surface area (Å²) in [5.41, 5.74) is 8.21. The fourth-order valence-electron chi connectivity index (χ4n) is 1.67. The summed E-state index contributed by atoms with van der Waals surface area (Å²) in [6, 6.07) is 15.3. The lowest BCUT2D eigenvalue weighted by Crippen LogP contribution is -2.05. The largest absolute Gasteiger partial charge is 0.490 e. The van der Waals surface area contributed by atoms with E-state index in [1.54, 1.807) is 13.2 Å². The van der Waals surface area contributed by atoms with Crippen LogP contribution < -0.4 is 10.5 Å². The maximum Gasteiger partial charge on any atom is 0.135 e.